The number of aromatic nitrogens is 1. The van der Waals surface area contributed by atoms with E-state index in [0.717, 1.165) is 36.6 Å². The molecule has 2 aromatic rings. The minimum Gasteiger partial charge on any atom is -0.491 e. The van der Waals surface area contributed by atoms with Gasteiger partial charge in [-0.2, -0.15) is 0 Å². The van der Waals surface area contributed by atoms with E-state index in [4.69, 9.17) is 14.2 Å². The Labute approximate surface area is 169 Å². The second-order valence-electron chi connectivity index (χ2n) is 6.54. The van der Waals surface area contributed by atoms with Gasteiger partial charge in [0.25, 0.3) is 0 Å². The van der Waals surface area contributed by atoms with E-state index in [9.17, 15) is 4.79 Å². The Kier molecular flexibility index (Phi) is 9.31. The molecule has 0 aliphatic rings. The van der Waals surface area contributed by atoms with Crippen molar-refractivity contribution in [3.8, 4) is 5.75 Å². The van der Waals surface area contributed by atoms with Crippen LogP contribution in [0.2, 0.25) is 0 Å². The third-order valence-electron chi connectivity index (χ3n) is 4.34. The van der Waals surface area contributed by atoms with Gasteiger partial charge in [-0.25, -0.2) is 0 Å². The van der Waals surface area contributed by atoms with E-state index in [2.05, 4.69) is 34.8 Å². The number of fused-ring (bicyclic) bond motifs is 1. The number of hydrogen-bond acceptors (Lipinski definition) is 4. The maximum Gasteiger partial charge on any atom is 0.248 e. The van der Waals surface area contributed by atoms with Gasteiger partial charge in [0.1, 0.15) is 5.75 Å². The molecule has 1 heterocycles. The lowest BCUT2D eigenvalue weighted by Gasteiger charge is -2.23. The van der Waals surface area contributed by atoms with Crippen molar-refractivity contribution in [1.29, 1.82) is 0 Å². The smallest absolute Gasteiger partial charge is 0.248 e. The highest BCUT2D eigenvalue weighted by Crippen LogP contribution is 2.33. The number of benzene rings is 1. The molecule has 1 aromatic carbocycles. The second-order valence-corrected chi connectivity index (χ2v) is 7.18. The molecular formula is C21H30BrNO4. The predicted molar refractivity (Wildman–Crippen MR) is 113 cm³/mol. The molecule has 0 bridgehead atoms. The van der Waals surface area contributed by atoms with Crippen molar-refractivity contribution in [2.24, 2.45) is 0 Å². The number of hydrogen-bond donors (Lipinski definition) is 1. The summed E-state index contributed by atoms with van der Waals surface area (Å²) in [7, 11) is 0. The zero-order chi connectivity index (χ0) is 19.6. The summed E-state index contributed by atoms with van der Waals surface area (Å²) in [5, 5.41) is 1.55. The normalized spacial score (nSPS) is 13.6. The molecule has 27 heavy (non-hydrogen) atoms. The largest absolute Gasteiger partial charge is 0.491 e. The summed E-state index contributed by atoms with van der Waals surface area (Å²) in [6, 6.07) is 7.28. The molecule has 2 rings (SSSR count). The Hall–Kier alpha value is -1.37. The lowest BCUT2D eigenvalue weighted by atomic mass is 10.0. The molecule has 0 aliphatic heterocycles. The highest BCUT2D eigenvalue weighted by atomic mass is 79.9. The number of pyridine rings is 1. The van der Waals surface area contributed by atoms with Crippen LogP contribution in [-0.4, -0.2) is 29.8 Å². The summed E-state index contributed by atoms with van der Waals surface area (Å²) in [5.41, 5.74) is 1.56. The van der Waals surface area contributed by atoms with Crippen LogP contribution in [0, 0.1) is 0 Å². The van der Waals surface area contributed by atoms with Crippen molar-refractivity contribution in [1.82, 2.24) is 4.98 Å². The molecule has 0 saturated heterocycles. The molecule has 0 saturated carbocycles. The number of halogens is 1. The average Bonchev–Trinajstić information content (AvgIpc) is 2.67. The van der Waals surface area contributed by atoms with Gasteiger partial charge >= 0.3 is 0 Å². The maximum atomic E-state index is 11.9. The van der Waals surface area contributed by atoms with Crippen molar-refractivity contribution in [2.45, 2.75) is 58.8 Å². The Morgan fingerprint density at radius 1 is 1.07 bits per heavy atom. The molecule has 6 heteroatoms. The third kappa shape index (κ3) is 6.33. The SMILES string of the molecule is CCCCOc1ccc([C@H](CBr)O[C@@H](C)OCCCC)c2ccc(=O)[nH]c12. The van der Waals surface area contributed by atoms with Gasteiger partial charge in [-0.15, -0.1) is 0 Å². The van der Waals surface area contributed by atoms with E-state index < -0.39 is 0 Å². The molecule has 0 unspecified atom stereocenters. The molecule has 1 N–H and O–H groups in total. The number of ether oxygens (including phenoxy) is 3. The van der Waals surface area contributed by atoms with Crippen molar-refractivity contribution in [3.63, 3.8) is 0 Å². The summed E-state index contributed by atoms with van der Waals surface area (Å²) in [6.45, 7) is 7.48. The summed E-state index contributed by atoms with van der Waals surface area (Å²) in [6.07, 6.45) is 3.63. The summed E-state index contributed by atoms with van der Waals surface area (Å²) in [4.78, 5) is 14.8. The van der Waals surface area contributed by atoms with Crippen LogP contribution in [0.3, 0.4) is 0 Å². The molecule has 0 radical (unpaired) electrons. The van der Waals surface area contributed by atoms with Gasteiger partial charge in [-0.05, 0) is 37.5 Å². The second kappa shape index (κ2) is 11.5. The molecule has 0 aliphatic carbocycles. The fraction of sp³-hybridized carbons (Fsp3) is 0.571. The van der Waals surface area contributed by atoms with E-state index >= 15 is 0 Å². The lowest BCUT2D eigenvalue weighted by molar-refractivity contribution is -0.156. The van der Waals surface area contributed by atoms with Crippen LogP contribution in [0.15, 0.2) is 29.1 Å². The molecule has 1 aromatic heterocycles. The van der Waals surface area contributed by atoms with Gasteiger partial charge in [0.05, 0.1) is 18.2 Å². The molecule has 5 nitrogen and oxygen atoms in total. The minimum atomic E-state index is -0.308. The highest BCUT2D eigenvalue weighted by Gasteiger charge is 2.19. The van der Waals surface area contributed by atoms with Crippen molar-refractivity contribution < 1.29 is 14.2 Å². The summed E-state index contributed by atoms with van der Waals surface area (Å²) in [5.74, 6) is 0.695. The molecule has 150 valence electrons. The number of unbranched alkanes of at least 4 members (excludes halogenated alkanes) is 2. The van der Waals surface area contributed by atoms with E-state index in [0.29, 0.717) is 29.8 Å². The first kappa shape index (κ1) is 21.9. The Balaban J connectivity index is 2.28. The number of aromatic amines is 1. The Morgan fingerprint density at radius 3 is 2.52 bits per heavy atom. The Morgan fingerprint density at radius 2 is 1.81 bits per heavy atom. The number of alkyl halides is 1. The van der Waals surface area contributed by atoms with Crippen molar-refractivity contribution >= 4 is 26.8 Å². The zero-order valence-corrected chi connectivity index (χ0v) is 18.0. The van der Waals surface area contributed by atoms with Gasteiger partial charge in [-0.3, -0.25) is 4.79 Å². The van der Waals surface area contributed by atoms with Gasteiger partial charge in [-0.1, -0.05) is 48.7 Å². The van der Waals surface area contributed by atoms with Gasteiger partial charge < -0.3 is 19.2 Å². The predicted octanol–water partition coefficient (Wildman–Crippen LogP) is 5.32. The average molecular weight is 440 g/mol. The number of H-pyrrole nitrogens is 1. The van der Waals surface area contributed by atoms with Crippen molar-refractivity contribution in [3.05, 3.63) is 40.2 Å². The van der Waals surface area contributed by atoms with Gasteiger partial charge in [0.15, 0.2) is 6.29 Å². The third-order valence-corrected chi connectivity index (χ3v) is 4.93. The first-order chi connectivity index (χ1) is 13.1. The molecular weight excluding hydrogens is 410 g/mol. The fourth-order valence-corrected chi connectivity index (χ4v) is 3.33. The topological polar surface area (TPSA) is 60.6 Å². The van der Waals surface area contributed by atoms with Crippen LogP contribution in [0.25, 0.3) is 10.9 Å². The monoisotopic (exact) mass is 439 g/mol. The van der Waals surface area contributed by atoms with Gasteiger partial charge in [0.2, 0.25) is 5.56 Å². The first-order valence-electron chi connectivity index (χ1n) is 9.72. The summed E-state index contributed by atoms with van der Waals surface area (Å²) < 4.78 is 17.7. The standard InChI is InChI=1S/C21H30BrNO4/c1-4-6-12-25-15(3)27-19(14-22)16-8-10-18(26-13-7-5-2)21-17(16)9-11-20(24)23-21/h8-11,15,19H,4-7,12-14H2,1-3H3,(H,23,24)/t15-,19-/m0/s1. The quantitative estimate of drug-likeness (QED) is 0.276. The molecule has 0 spiro atoms. The van der Waals surface area contributed by atoms with E-state index in [1.54, 1.807) is 0 Å². The first-order valence-corrected chi connectivity index (χ1v) is 10.8. The van der Waals surface area contributed by atoms with Crippen LogP contribution in [0.4, 0.5) is 0 Å². The summed E-state index contributed by atoms with van der Waals surface area (Å²) >= 11 is 3.55. The van der Waals surface area contributed by atoms with Crippen LogP contribution >= 0.6 is 15.9 Å². The van der Waals surface area contributed by atoms with E-state index in [1.807, 2.05) is 25.1 Å². The van der Waals surface area contributed by atoms with E-state index in [-0.39, 0.29) is 18.0 Å². The molecule has 0 fully saturated rings. The highest BCUT2D eigenvalue weighted by molar-refractivity contribution is 9.09. The number of nitrogens with one attached hydrogen (secondary N) is 1. The lowest BCUT2D eigenvalue weighted by Crippen LogP contribution is -2.19. The van der Waals surface area contributed by atoms with E-state index in [1.165, 1.54) is 6.07 Å². The van der Waals surface area contributed by atoms with Crippen LogP contribution in [0.5, 0.6) is 5.75 Å². The van der Waals surface area contributed by atoms with Crippen molar-refractivity contribution in [2.75, 3.05) is 18.5 Å². The molecule has 0 amide bonds. The Bertz CT molecular complexity index is 761. The fourth-order valence-electron chi connectivity index (χ4n) is 2.83. The zero-order valence-electron chi connectivity index (χ0n) is 16.4. The molecule has 2 atom stereocenters. The van der Waals surface area contributed by atoms with Gasteiger partial charge in [0, 0.05) is 23.4 Å². The van der Waals surface area contributed by atoms with Crippen LogP contribution in [-0.2, 0) is 9.47 Å². The number of rotatable bonds is 12. The minimum absolute atomic E-state index is 0.146. The van der Waals surface area contributed by atoms with Crippen LogP contribution < -0.4 is 10.3 Å². The van der Waals surface area contributed by atoms with Crippen LogP contribution in [0.1, 0.15) is 58.1 Å². The maximum absolute atomic E-state index is 11.9.